The fourth-order valence-corrected chi connectivity index (χ4v) is 8.06. The van der Waals surface area contributed by atoms with Crippen LogP contribution in [0.2, 0.25) is 0 Å². The summed E-state index contributed by atoms with van der Waals surface area (Å²) in [5, 5.41) is 125. The third-order valence-electron chi connectivity index (χ3n) is 11.4. The summed E-state index contributed by atoms with van der Waals surface area (Å²) in [7, 11) is 0. The number of hydrogen-bond acceptors (Lipinski definition) is 23. The van der Waals surface area contributed by atoms with E-state index >= 15 is 0 Å². The molecule has 5 aliphatic heterocycles. The minimum atomic E-state index is -2.26. The zero-order chi connectivity index (χ0) is 46.9. The molecule has 25 unspecified atom stereocenters. The molecule has 5 aliphatic rings. The number of nitrogens with one attached hydrogen (secondary N) is 3. The van der Waals surface area contributed by atoms with Crippen molar-refractivity contribution in [2.45, 2.75) is 195 Å². The van der Waals surface area contributed by atoms with Crippen molar-refractivity contribution in [2.24, 2.45) is 0 Å². The molecule has 25 atom stereocenters. The number of carboxylic acid groups (broad SMARTS) is 1. The summed E-state index contributed by atoms with van der Waals surface area (Å²) in [4.78, 5) is 49.8. The number of carbonyl (C=O) groups is 4. The second kappa shape index (κ2) is 21.2. The van der Waals surface area contributed by atoms with Crippen LogP contribution in [0, 0.1) is 0 Å². The van der Waals surface area contributed by atoms with Crippen molar-refractivity contribution in [1.82, 2.24) is 16.0 Å². The van der Waals surface area contributed by atoms with Crippen molar-refractivity contribution in [3.8, 4) is 0 Å². The predicted octanol–water partition coefficient (Wildman–Crippen LogP) is -8.32. The molecular formula is C36H59N3O24. The third-order valence-corrected chi connectivity index (χ3v) is 11.4. The Morgan fingerprint density at radius 2 is 0.968 bits per heavy atom. The van der Waals surface area contributed by atoms with Crippen LogP contribution in [-0.4, -0.2) is 240 Å². The fourth-order valence-electron chi connectivity index (χ4n) is 8.06. The molecule has 0 aliphatic carbocycles. The molecule has 0 aromatic rings. The Hall–Kier alpha value is -2.88. The number of carbonyl (C=O) groups excluding carboxylic acids is 3. The maximum Gasteiger partial charge on any atom is 0.335 e. The quantitative estimate of drug-likeness (QED) is 0.0816. The topological polar surface area (TPSA) is 410 Å². The largest absolute Gasteiger partial charge is 0.479 e. The molecule has 3 amide bonds. The summed E-state index contributed by atoms with van der Waals surface area (Å²) in [6.45, 7) is 6.40. The van der Waals surface area contributed by atoms with Crippen LogP contribution in [0.1, 0.15) is 41.5 Å². The lowest BCUT2D eigenvalue weighted by Gasteiger charge is -2.52. The van der Waals surface area contributed by atoms with Gasteiger partial charge in [-0.15, -0.1) is 0 Å². The molecule has 0 radical (unpaired) electrons. The lowest BCUT2D eigenvalue weighted by molar-refractivity contribution is -0.388. The Balaban J connectivity index is 1.60. The standard InChI is InChI=1S/C36H59N3O24/c1-8-18(44)21(47)15(37-11(4)41)33(56-8)63-30-24(50)23(49)29(31(52)53)62-36(30)61-28-17(39-13(6)43)34(60-27-16(38-12(5)42)32(54)55-9(2)19(27)45)57-10(3)26(28)59-35-25(51)22(48)20(46)14(7-40)58-35/h8-10,14-30,32-36,40,44-51,54H,7H2,1-6H3,(H,37,41)(H,38,42)(H,39,43)(H,52,53). The van der Waals surface area contributed by atoms with Crippen molar-refractivity contribution >= 4 is 23.7 Å². The first-order valence-corrected chi connectivity index (χ1v) is 20.1. The van der Waals surface area contributed by atoms with Gasteiger partial charge in [0.25, 0.3) is 0 Å². The van der Waals surface area contributed by atoms with Gasteiger partial charge >= 0.3 is 5.97 Å². The highest BCUT2D eigenvalue weighted by Gasteiger charge is 2.58. The van der Waals surface area contributed by atoms with Gasteiger partial charge in [-0.25, -0.2) is 4.79 Å². The molecule has 63 heavy (non-hydrogen) atoms. The van der Waals surface area contributed by atoms with Gasteiger partial charge in [0.2, 0.25) is 17.7 Å². The van der Waals surface area contributed by atoms with Crippen LogP contribution in [0.25, 0.3) is 0 Å². The van der Waals surface area contributed by atoms with Crippen LogP contribution in [0.4, 0.5) is 0 Å². The Kier molecular flexibility index (Phi) is 17.2. The number of ether oxygens (including phenoxy) is 9. The molecule has 5 saturated heterocycles. The summed E-state index contributed by atoms with van der Waals surface area (Å²) < 4.78 is 53.3. The van der Waals surface area contributed by atoms with Crippen molar-refractivity contribution < 1.29 is 118 Å². The van der Waals surface area contributed by atoms with Gasteiger partial charge in [-0.05, 0) is 20.8 Å². The zero-order valence-corrected chi connectivity index (χ0v) is 34.9. The molecule has 0 saturated carbocycles. The molecule has 0 aromatic carbocycles. The van der Waals surface area contributed by atoms with Gasteiger partial charge in [-0.3, -0.25) is 14.4 Å². The van der Waals surface area contributed by atoms with Gasteiger partial charge in [-0.2, -0.15) is 0 Å². The van der Waals surface area contributed by atoms with Crippen LogP contribution in [0.15, 0.2) is 0 Å². The second-order valence-electron chi connectivity index (χ2n) is 16.1. The van der Waals surface area contributed by atoms with Gasteiger partial charge in [0, 0.05) is 20.8 Å². The van der Waals surface area contributed by atoms with Gasteiger partial charge in [0.05, 0.1) is 24.9 Å². The van der Waals surface area contributed by atoms with E-state index in [4.69, 9.17) is 42.6 Å². The van der Waals surface area contributed by atoms with Gasteiger partial charge in [0.15, 0.2) is 37.6 Å². The highest BCUT2D eigenvalue weighted by atomic mass is 16.8. The number of rotatable bonds is 13. The number of carboxylic acids is 1. The summed E-state index contributed by atoms with van der Waals surface area (Å²) in [5.74, 6) is -4.05. The SMILES string of the molecule is CC(=O)NC1C(OC2C(OC3C(NC(C)=O)C(OC4C(O)C(C)OC(O)C4NC(C)=O)OC(C)C3OC3OC(CO)C(O)C(O)C3O)OC(C(=O)O)C(O)C2O)OC(C)C(O)C1O. The molecule has 14 N–H and O–H groups in total. The molecule has 362 valence electrons. The number of aliphatic carboxylic acids is 1. The van der Waals surface area contributed by atoms with Crippen LogP contribution < -0.4 is 16.0 Å². The highest BCUT2D eigenvalue weighted by molar-refractivity contribution is 5.74. The van der Waals surface area contributed by atoms with Gasteiger partial charge in [0.1, 0.15) is 97.5 Å². The van der Waals surface area contributed by atoms with Gasteiger partial charge in [-0.1, -0.05) is 0 Å². The second-order valence-corrected chi connectivity index (χ2v) is 16.1. The first kappa shape index (κ1) is 51.1. The van der Waals surface area contributed by atoms with E-state index in [0.717, 1.165) is 20.8 Å². The van der Waals surface area contributed by atoms with Crippen molar-refractivity contribution in [1.29, 1.82) is 0 Å². The van der Waals surface area contributed by atoms with E-state index in [9.17, 15) is 75.3 Å². The summed E-state index contributed by atoms with van der Waals surface area (Å²) in [5.41, 5.74) is 0. The van der Waals surface area contributed by atoms with Crippen molar-refractivity contribution in [3.05, 3.63) is 0 Å². The van der Waals surface area contributed by atoms with Crippen LogP contribution in [-0.2, 0) is 61.8 Å². The van der Waals surface area contributed by atoms with Crippen molar-refractivity contribution in [3.63, 3.8) is 0 Å². The van der Waals surface area contributed by atoms with Crippen LogP contribution in [0.5, 0.6) is 0 Å². The van der Waals surface area contributed by atoms with E-state index in [1.54, 1.807) is 0 Å². The van der Waals surface area contributed by atoms with Crippen LogP contribution >= 0.6 is 0 Å². The zero-order valence-electron chi connectivity index (χ0n) is 34.9. The Morgan fingerprint density at radius 3 is 1.56 bits per heavy atom. The van der Waals surface area contributed by atoms with E-state index in [1.165, 1.54) is 20.8 Å². The van der Waals surface area contributed by atoms with Crippen LogP contribution in [0.3, 0.4) is 0 Å². The summed E-state index contributed by atoms with van der Waals surface area (Å²) in [6.07, 6.45) is -39.3. The van der Waals surface area contributed by atoms with Gasteiger partial charge < -0.3 is 115 Å². The minimum absolute atomic E-state index is 0.683. The molecule has 0 aromatic heterocycles. The molecule has 5 fully saturated rings. The first-order valence-electron chi connectivity index (χ1n) is 20.1. The summed E-state index contributed by atoms with van der Waals surface area (Å²) in [6, 6.07) is -4.75. The smallest absolute Gasteiger partial charge is 0.335 e. The Bertz CT molecular complexity index is 1580. The molecular weight excluding hydrogens is 858 g/mol. The number of aliphatic hydroxyl groups excluding tert-OH is 10. The normalized spacial score (nSPS) is 48.2. The maximum atomic E-state index is 13.0. The Labute approximate surface area is 359 Å². The van der Waals surface area contributed by atoms with E-state index in [-0.39, 0.29) is 0 Å². The first-order chi connectivity index (χ1) is 29.5. The van der Waals surface area contributed by atoms with Crippen molar-refractivity contribution in [2.75, 3.05) is 6.61 Å². The highest BCUT2D eigenvalue weighted by Crippen LogP contribution is 2.37. The average Bonchev–Trinajstić information content (AvgIpc) is 3.20. The lowest BCUT2D eigenvalue weighted by Crippen LogP contribution is -2.71. The van der Waals surface area contributed by atoms with E-state index < -0.39 is 184 Å². The summed E-state index contributed by atoms with van der Waals surface area (Å²) >= 11 is 0. The van der Waals surface area contributed by atoms with E-state index in [2.05, 4.69) is 16.0 Å². The minimum Gasteiger partial charge on any atom is -0.479 e. The maximum absolute atomic E-state index is 13.0. The molecule has 27 nitrogen and oxygen atoms in total. The lowest BCUT2D eigenvalue weighted by atomic mass is 9.93. The molecule has 27 heteroatoms. The molecule has 0 bridgehead atoms. The number of aliphatic hydroxyl groups is 10. The number of hydrogen-bond donors (Lipinski definition) is 14. The van der Waals surface area contributed by atoms with E-state index in [1.807, 2.05) is 0 Å². The molecule has 5 rings (SSSR count). The molecule has 0 spiro atoms. The third kappa shape index (κ3) is 11.2. The van der Waals surface area contributed by atoms with E-state index in [0.29, 0.717) is 0 Å². The average molecular weight is 918 g/mol. The predicted molar refractivity (Wildman–Crippen MR) is 198 cm³/mol. The fraction of sp³-hybridized carbons (Fsp3) is 0.889. The number of amides is 3. The monoisotopic (exact) mass is 917 g/mol. The Morgan fingerprint density at radius 1 is 0.460 bits per heavy atom. The molecule has 5 heterocycles.